The van der Waals surface area contributed by atoms with Gasteiger partial charge in [-0.05, 0) is 68.8 Å². The molecule has 1 N–H and O–H groups in total. The predicted octanol–water partition coefficient (Wildman–Crippen LogP) is 6.01. The zero-order valence-corrected chi connectivity index (χ0v) is 19.5. The van der Waals surface area contributed by atoms with Gasteiger partial charge in [0.25, 0.3) is 0 Å². The van der Waals surface area contributed by atoms with Crippen molar-refractivity contribution in [3.63, 3.8) is 0 Å². The minimum atomic E-state index is -4.40. The number of fused-ring (bicyclic) bond motifs is 1. The van der Waals surface area contributed by atoms with Crippen LogP contribution < -0.4 is 0 Å². The number of hydrogen-bond acceptors (Lipinski definition) is 4. The Bertz CT molecular complexity index is 1350. The molecule has 0 aliphatic carbocycles. The van der Waals surface area contributed by atoms with Crippen LogP contribution in [0.15, 0.2) is 52.9 Å². The Hall–Kier alpha value is -3.59. The summed E-state index contributed by atoms with van der Waals surface area (Å²) >= 11 is 0. The fourth-order valence-electron chi connectivity index (χ4n) is 4.08. The lowest BCUT2D eigenvalue weighted by Gasteiger charge is -2.12. The van der Waals surface area contributed by atoms with E-state index in [1.54, 1.807) is 13.8 Å². The molecule has 2 aromatic carbocycles. The Labute approximate surface area is 200 Å². The van der Waals surface area contributed by atoms with E-state index in [9.17, 15) is 23.1 Å². The maximum atomic E-state index is 12.9. The molecule has 0 spiro atoms. The molecule has 184 valence electrons. The van der Waals surface area contributed by atoms with Crippen LogP contribution in [0.4, 0.5) is 13.2 Å². The third-order valence-corrected chi connectivity index (χ3v) is 5.90. The van der Waals surface area contributed by atoms with Crippen LogP contribution >= 0.6 is 0 Å². The van der Waals surface area contributed by atoms with Gasteiger partial charge in [0.1, 0.15) is 11.5 Å². The Morgan fingerprint density at radius 1 is 1.14 bits per heavy atom. The minimum absolute atomic E-state index is 0.262. The highest BCUT2D eigenvalue weighted by Crippen LogP contribution is 2.31. The van der Waals surface area contributed by atoms with Crippen molar-refractivity contribution >= 4 is 16.9 Å². The fraction of sp³-hybridized carbons (Fsp3) is 0.308. The number of nitrogens with zero attached hydrogens (tertiary/aromatic N) is 2. The van der Waals surface area contributed by atoms with Crippen LogP contribution in [0, 0.1) is 13.8 Å². The fourth-order valence-corrected chi connectivity index (χ4v) is 4.08. The van der Waals surface area contributed by atoms with E-state index in [1.807, 2.05) is 31.2 Å². The van der Waals surface area contributed by atoms with E-state index in [0.717, 1.165) is 34.3 Å². The molecule has 0 unspecified atom stereocenters. The van der Waals surface area contributed by atoms with Crippen molar-refractivity contribution in [2.45, 2.75) is 46.0 Å². The van der Waals surface area contributed by atoms with Crippen LogP contribution in [0.25, 0.3) is 22.4 Å². The van der Waals surface area contributed by atoms with Gasteiger partial charge in [-0.1, -0.05) is 6.07 Å². The Morgan fingerprint density at radius 2 is 1.86 bits per heavy atom. The van der Waals surface area contributed by atoms with Gasteiger partial charge in [-0.3, -0.25) is 0 Å². The maximum Gasteiger partial charge on any atom is 0.416 e. The van der Waals surface area contributed by atoms with Gasteiger partial charge in [-0.2, -0.15) is 13.2 Å². The number of aryl methyl sites for hydroxylation is 2. The van der Waals surface area contributed by atoms with E-state index < -0.39 is 23.8 Å². The first-order chi connectivity index (χ1) is 16.6. The van der Waals surface area contributed by atoms with E-state index in [2.05, 4.69) is 9.55 Å². The van der Waals surface area contributed by atoms with Crippen molar-refractivity contribution in [1.82, 2.24) is 9.55 Å². The van der Waals surface area contributed by atoms with Gasteiger partial charge in [0, 0.05) is 35.2 Å². The SMILES string of the molecule is CCO[C@H](Cc1ccc2c(c1)cc(C)n2Cc1nc(-c2ccc(C(F)(F)F)cc2)oc1C)C(=O)O. The molecule has 0 amide bonds. The molecule has 0 bridgehead atoms. The van der Waals surface area contributed by atoms with E-state index >= 15 is 0 Å². The highest BCUT2D eigenvalue weighted by Gasteiger charge is 2.30. The highest BCUT2D eigenvalue weighted by atomic mass is 19.4. The summed E-state index contributed by atoms with van der Waals surface area (Å²) in [7, 11) is 0. The number of hydrogen-bond donors (Lipinski definition) is 1. The van der Waals surface area contributed by atoms with Gasteiger partial charge in [-0.25, -0.2) is 9.78 Å². The summed E-state index contributed by atoms with van der Waals surface area (Å²) in [6.45, 7) is 6.24. The van der Waals surface area contributed by atoms with Gasteiger partial charge in [0.05, 0.1) is 12.1 Å². The molecular formula is C26H25F3N2O4. The first-order valence-electron chi connectivity index (χ1n) is 11.1. The van der Waals surface area contributed by atoms with E-state index in [4.69, 9.17) is 9.15 Å². The first kappa shape index (κ1) is 24.5. The summed E-state index contributed by atoms with van der Waals surface area (Å²) < 4.78 is 51.7. The summed E-state index contributed by atoms with van der Waals surface area (Å²) in [5.41, 5.74) is 3.20. The number of aromatic nitrogens is 2. The van der Waals surface area contributed by atoms with Crippen molar-refractivity contribution in [2.75, 3.05) is 6.61 Å². The summed E-state index contributed by atoms with van der Waals surface area (Å²) in [4.78, 5) is 16.0. The standard InChI is InChI=1S/C26H25F3N2O4/c1-4-34-23(25(32)33)13-17-5-10-22-19(12-17)11-15(2)31(22)14-21-16(3)35-24(30-21)18-6-8-20(9-7-18)26(27,28)29/h5-12,23H,4,13-14H2,1-3H3,(H,32,33)/t23-/m1/s1. The third-order valence-electron chi connectivity index (χ3n) is 5.90. The number of benzene rings is 2. The van der Waals surface area contributed by atoms with Gasteiger partial charge in [0.15, 0.2) is 6.10 Å². The molecule has 2 aromatic heterocycles. The number of rotatable bonds is 8. The molecule has 0 aliphatic heterocycles. The molecule has 0 aliphatic rings. The second kappa shape index (κ2) is 9.58. The van der Waals surface area contributed by atoms with Gasteiger partial charge < -0.3 is 18.8 Å². The van der Waals surface area contributed by atoms with E-state index in [0.29, 0.717) is 30.2 Å². The third kappa shape index (κ3) is 5.24. The number of carboxylic acid groups (broad SMARTS) is 1. The van der Waals surface area contributed by atoms with Crippen LogP contribution in [-0.4, -0.2) is 33.3 Å². The summed E-state index contributed by atoms with van der Waals surface area (Å²) in [6.07, 6.45) is -5.04. The second-order valence-corrected chi connectivity index (χ2v) is 8.35. The number of ether oxygens (including phenoxy) is 1. The van der Waals surface area contributed by atoms with Gasteiger partial charge in [0.2, 0.25) is 5.89 Å². The number of alkyl halides is 3. The number of carboxylic acids is 1. The second-order valence-electron chi connectivity index (χ2n) is 8.35. The van der Waals surface area contributed by atoms with Crippen LogP contribution in [0.1, 0.15) is 35.2 Å². The molecule has 35 heavy (non-hydrogen) atoms. The lowest BCUT2D eigenvalue weighted by molar-refractivity contribution is -0.150. The molecule has 0 saturated heterocycles. The number of aliphatic carboxylic acids is 1. The molecule has 0 saturated carbocycles. The average Bonchev–Trinajstić information content (AvgIpc) is 3.32. The summed E-state index contributed by atoms with van der Waals surface area (Å²) in [5, 5.41) is 10.3. The lowest BCUT2D eigenvalue weighted by atomic mass is 10.1. The number of oxazole rings is 1. The molecule has 4 rings (SSSR count). The molecule has 9 heteroatoms. The highest BCUT2D eigenvalue weighted by molar-refractivity contribution is 5.82. The molecule has 6 nitrogen and oxygen atoms in total. The molecular weight excluding hydrogens is 461 g/mol. The van der Waals surface area contributed by atoms with Crippen LogP contribution in [0.2, 0.25) is 0 Å². The maximum absolute atomic E-state index is 12.9. The van der Waals surface area contributed by atoms with Gasteiger partial charge in [-0.15, -0.1) is 0 Å². The van der Waals surface area contributed by atoms with Crippen LogP contribution in [0.3, 0.4) is 0 Å². The zero-order valence-electron chi connectivity index (χ0n) is 19.5. The predicted molar refractivity (Wildman–Crippen MR) is 124 cm³/mol. The summed E-state index contributed by atoms with van der Waals surface area (Å²) in [6, 6.07) is 12.5. The average molecular weight is 486 g/mol. The number of carbonyl (C=O) groups is 1. The Morgan fingerprint density at radius 3 is 2.49 bits per heavy atom. The van der Waals surface area contributed by atoms with E-state index in [1.165, 1.54) is 12.1 Å². The normalized spacial score (nSPS) is 12.9. The smallest absolute Gasteiger partial charge is 0.416 e. The monoisotopic (exact) mass is 486 g/mol. The zero-order chi connectivity index (χ0) is 25.3. The Kier molecular flexibility index (Phi) is 6.71. The van der Waals surface area contributed by atoms with Crippen LogP contribution in [-0.2, 0) is 28.7 Å². The quantitative estimate of drug-likeness (QED) is 0.330. The van der Waals surface area contributed by atoms with Crippen LogP contribution in [0.5, 0.6) is 0 Å². The minimum Gasteiger partial charge on any atom is -0.479 e. The van der Waals surface area contributed by atoms with Crippen molar-refractivity contribution in [3.05, 3.63) is 76.8 Å². The van der Waals surface area contributed by atoms with Gasteiger partial charge >= 0.3 is 12.1 Å². The summed E-state index contributed by atoms with van der Waals surface area (Å²) in [5.74, 6) is -0.150. The van der Waals surface area contributed by atoms with Crippen molar-refractivity contribution in [1.29, 1.82) is 0 Å². The molecule has 4 aromatic rings. The van der Waals surface area contributed by atoms with Crippen molar-refractivity contribution in [2.24, 2.45) is 0 Å². The molecule has 1 atom stereocenters. The molecule has 0 fully saturated rings. The van der Waals surface area contributed by atoms with E-state index in [-0.39, 0.29) is 12.3 Å². The number of halogens is 3. The largest absolute Gasteiger partial charge is 0.479 e. The van der Waals surface area contributed by atoms with Crippen molar-refractivity contribution in [3.8, 4) is 11.5 Å². The van der Waals surface area contributed by atoms with Crippen molar-refractivity contribution < 1.29 is 32.2 Å². The first-order valence-corrected chi connectivity index (χ1v) is 11.1. The lowest BCUT2D eigenvalue weighted by Crippen LogP contribution is -2.26. The topological polar surface area (TPSA) is 77.5 Å². The Balaban J connectivity index is 1.58. The molecule has 0 radical (unpaired) electrons. The molecule has 2 heterocycles.